The van der Waals surface area contributed by atoms with E-state index in [2.05, 4.69) is 10.3 Å². The van der Waals surface area contributed by atoms with E-state index in [0.29, 0.717) is 19.6 Å². The van der Waals surface area contributed by atoms with Crippen LogP contribution in [0.4, 0.5) is 11.5 Å². The van der Waals surface area contributed by atoms with E-state index in [1.165, 1.54) is 23.8 Å². The van der Waals surface area contributed by atoms with Crippen molar-refractivity contribution in [3.8, 4) is 0 Å². The molecule has 4 aliphatic carbocycles. The Morgan fingerprint density at radius 3 is 2.39 bits per heavy atom. The molecule has 1 heterocycles. The second-order valence-corrected chi connectivity index (χ2v) is 11.1. The molecule has 4 bridgehead atoms. The fourth-order valence-electron chi connectivity index (χ4n) is 7.25. The van der Waals surface area contributed by atoms with Gasteiger partial charge in [-0.2, -0.15) is 0 Å². The number of nitrogens with zero attached hydrogens (tertiary/aromatic N) is 2. The number of amides is 1. The standard InChI is InChI=1S/C27H37N5O4/c1-36-9-5-8-31(17-22(33)30-27-13-19-10-20(14-27)12-21(11-19)15-27)23-24(28)32(26(35)29-25(23)34)16-18-6-3-2-4-7-18/h2-4,6-7,19-21H,5,8-17,28H2,1H3,(H,30,33)(H,29,34,35). The van der Waals surface area contributed by atoms with Crippen molar-refractivity contribution in [2.45, 2.75) is 57.0 Å². The highest BCUT2D eigenvalue weighted by Crippen LogP contribution is 2.55. The molecule has 4 N–H and O–H groups in total. The third kappa shape index (κ3) is 5.07. The molecule has 1 aromatic carbocycles. The third-order valence-corrected chi connectivity index (χ3v) is 8.27. The van der Waals surface area contributed by atoms with Gasteiger partial charge in [0.25, 0.3) is 5.56 Å². The van der Waals surface area contributed by atoms with Crippen molar-refractivity contribution >= 4 is 17.4 Å². The number of H-pyrrole nitrogens is 1. The van der Waals surface area contributed by atoms with Gasteiger partial charge in [0.2, 0.25) is 5.91 Å². The Balaban J connectivity index is 1.39. The van der Waals surface area contributed by atoms with Crippen molar-refractivity contribution in [1.82, 2.24) is 14.9 Å². The molecule has 0 saturated heterocycles. The zero-order valence-electron chi connectivity index (χ0n) is 21.0. The molecule has 2 aromatic rings. The van der Waals surface area contributed by atoms with Crippen molar-refractivity contribution in [2.75, 3.05) is 37.4 Å². The quantitative estimate of drug-likeness (QED) is 0.434. The minimum absolute atomic E-state index is 0.00227. The summed E-state index contributed by atoms with van der Waals surface area (Å²) in [5.41, 5.74) is 6.21. The normalized spacial score (nSPS) is 26.2. The number of nitrogens with two attached hydrogens (primary N) is 1. The number of nitrogens with one attached hydrogen (secondary N) is 2. The van der Waals surface area contributed by atoms with Crippen molar-refractivity contribution in [1.29, 1.82) is 0 Å². The van der Waals surface area contributed by atoms with Crippen LogP contribution in [0.15, 0.2) is 39.9 Å². The number of nitrogen functional groups attached to an aromatic ring is 1. The number of aromatic amines is 1. The molecule has 4 fully saturated rings. The molecule has 1 amide bonds. The average Bonchev–Trinajstić information content (AvgIpc) is 2.81. The van der Waals surface area contributed by atoms with Crippen LogP contribution in [0.2, 0.25) is 0 Å². The van der Waals surface area contributed by atoms with Crippen molar-refractivity contribution in [3.63, 3.8) is 0 Å². The van der Waals surface area contributed by atoms with Crippen LogP contribution in [0.5, 0.6) is 0 Å². The predicted octanol–water partition coefficient (Wildman–Crippen LogP) is 2.10. The van der Waals surface area contributed by atoms with Gasteiger partial charge in [-0.3, -0.25) is 19.1 Å². The number of benzene rings is 1. The number of aromatic nitrogens is 2. The number of carbonyl (C=O) groups is 1. The van der Waals surface area contributed by atoms with Crippen LogP contribution in [0, 0.1) is 17.8 Å². The fourth-order valence-corrected chi connectivity index (χ4v) is 7.25. The van der Waals surface area contributed by atoms with Gasteiger partial charge in [0.05, 0.1) is 13.1 Å². The summed E-state index contributed by atoms with van der Waals surface area (Å²) in [7, 11) is 1.62. The second kappa shape index (κ2) is 10.1. The van der Waals surface area contributed by atoms with E-state index >= 15 is 0 Å². The van der Waals surface area contributed by atoms with Gasteiger partial charge >= 0.3 is 5.69 Å². The van der Waals surface area contributed by atoms with Crippen LogP contribution < -0.4 is 27.2 Å². The lowest BCUT2D eigenvalue weighted by Gasteiger charge is -2.57. The molecular weight excluding hydrogens is 458 g/mol. The maximum absolute atomic E-state index is 13.4. The number of rotatable bonds is 10. The first kappa shape index (κ1) is 24.6. The van der Waals surface area contributed by atoms with Gasteiger partial charge in [0.15, 0.2) is 0 Å². The number of anilines is 2. The van der Waals surface area contributed by atoms with Gasteiger partial charge in [-0.05, 0) is 68.3 Å². The molecule has 1 aromatic heterocycles. The van der Waals surface area contributed by atoms with Crippen LogP contribution in [0.3, 0.4) is 0 Å². The van der Waals surface area contributed by atoms with Gasteiger partial charge in [-0.25, -0.2) is 4.79 Å². The Hall–Kier alpha value is -3.07. The molecule has 0 aliphatic heterocycles. The third-order valence-electron chi connectivity index (χ3n) is 8.27. The summed E-state index contributed by atoms with van der Waals surface area (Å²) in [6, 6.07) is 9.45. The Morgan fingerprint density at radius 1 is 1.14 bits per heavy atom. The number of ether oxygens (including phenoxy) is 1. The molecule has 36 heavy (non-hydrogen) atoms. The lowest BCUT2D eigenvalue weighted by Crippen LogP contribution is -2.61. The monoisotopic (exact) mass is 495 g/mol. The molecule has 9 nitrogen and oxygen atoms in total. The molecule has 0 unspecified atom stereocenters. The summed E-state index contributed by atoms with van der Waals surface area (Å²) in [6.45, 7) is 1.11. The number of hydrogen-bond donors (Lipinski definition) is 3. The van der Waals surface area contributed by atoms with E-state index in [9.17, 15) is 14.4 Å². The smallest absolute Gasteiger partial charge is 0.330 e. The molecule has 9 heteroatoms. The first-order valence-electron chi connectivity index (χ1n) is 13.1. The summed E-state index contributed by atoms with van der Waals surface area (Å²) in [6.07, 6.45) is 7.67. The van der Waals surface area contributed by atoms with E-state index in [1.807, 2.05) is 30.3 Å². The summed E-state index contributed by atoms with van der Waals surface area (Å²) in [4.78, 5) is 43.1. The molecule has 4 aliphatic rings. The molecule has 0 radical (unpaired) electrons. The van der Waals surface area contributed by atoms with Crippen LogP contribution in [-0.2, 0) is 16.1 Å². The highest BCUT2D eigenvalue weighted by atomic mass is 16.5. The summed E-state index contributed by atoms with van der Waals surface area (Å²) >= 11 is 0. The minimum Gasteiger partial charge on any atom is -0.385 e. The van der Waals surface area contributed by atoms with Crippen LogP contribution >= 0.6 is 0 Å². The first-order chi connectivity index (χ1) is 17.4. The average molecular weight is 496 g/mol. The Labute approximate surface area is 211 Å². The van der Waals surface area contributed by atoms with Gasteiger partial charge in [0.1, 0.15) is 11.5 Å². The molecule has 0 spiro atoms. The topological polar surface area (TPSA) is 122 Å². The van der Waals surface area contributed by atoms with E-state index < -0.39 is 11.2 Å². The van der Waals surface area contributed by atoms with Crippen molar-refractivity contribution in [2.24, 2.45) is 17.8 Å². The number of carbonyl (C=O) groups excluding carboxylic acids is 1. The predicted molar refractivity (Wildman–Crippen MR) is 139 cm³/mol. The SMILES string of the molecule is COCCCN(CC(=O)NC12CC3CC(CC(C3)C1)C2)c1c(N)n(Cc2ccccc2)c(=O)[nH]c1=O. The van der Waals surface area contributed by atoms with Crippen LogP contribution in [0.1, 0.15) is 50.5 Å². The molecule has 4 saturated carbocycles. The maximum Gasteiger partial charge on any atom is 0.330 e. The van der Waals surface area contributed by atoms with Gasteiger partial charge in [0, 0.05) is 25.8 Å². The summed E-state index contributed by atoms with van der Waals surface area (Å²) in [5.74, 6) is 2.11. The fraction of sp³-hybridized carbons (Fsp3) is 0.593. The Kier molecular flexibility index (Phi) is 6.92. The van der Waals surface area contributed by atoms with Gasteiger partial charge in [-0.15, -0.1) is 0 Å². The molecule has 0 atom stereocenters. The largest absolute Gasteiger partial charge is 0.385 e. The molecule has 6 rings (SSSR count). The first-order valence-corrected chi connectivity index (χ1v) is 13.1. The zero-order chi connectivity index (χ0) is 25.3. The Morgan fingerprint density at radius 2 is 1.78 bits per heavy atom. The Bertz CT molecular complexity index is 1170. The maximum atomic E-state index is 13.4. The van der Waals surface area contributed by atoms with E-state index in [-0.39, 0.29) is 36.0 Å². The van der Waals surface area contributed by atoms with Gasteiger partial charge in [-0.1, -0.05) is 30.3 Å². The van der Waals surface area contributed by atoms with E-state index in [4.69, 9.17) is 10.5 Å². The van der Waals surface area contributed by atoms with Crippen molar-refractivity contribution in [3.05, 3.63) is 56.7 Å². The summed E-state index contributed by atoms with van der Waals surface area (Å²) in [5, 5.41) is 3.39. The van der Waals surface area contributed by atoms with E-state index in [0.717, 1.165) is 42.6 Å². The lowest BCUT2D eigenvalue weighted by atomic mass is 9.53. The molecular formula is C27H37N5O4. The highest BCUT2D eigenvalue weighted by molar-refractivity contribution is 5.83. The van der Waals surface area contributed by atoms with Crippen LogP contribution in [0.25, 0.3) is 0 Å². The highest BCUT2D eigenvalue weighted by Gasteiger charge is 2.51. The van der Waals surface area contributed by atoms with E-state index in [1.54, 1.807) is 12.0 Å². The minimum atomic E-state index is -0.582. The second-order valence-electron chi connectivity index (χ2n) is 11.1. The summed E-state index contributed by atoms with van der Waals surface area (Å²) < 4.78 is 6.56. The number of methoxy groups -OCH3 is 1. The van der Waals surface area contributed by atoms with Crippen LogP contribution in [-0.4, -0.2) is 47.8 Å². The van der Waals surface area contributed by atoms with Crippen molar-refractivity contribution < 1.29 is 9.53 Å². The zero-order valence-corrected chi connectivity index (χ0v) is 21.0. The van der Waals surface area contributed by atoms with Gasteiger partial charge < -0.3 is 20.7 Å². The lowest BCUT2D eigenvalue weighted by molar-refractivity contribution is -0.125. The molecule has 194 valence electrons. The number of hydrogen-bond acceptors (Lipinski definition) is 6.